The van der Waals surface area contributed by atoms with E-state index in [9.17, 15) is 0 Å². The molecule has 1 aromatic carbocycles. The molecular weight excluding hydrogens is 258 g/mol. The number of fused-ring (bicyclic) bond motifs is 1. The van der Waals surface area contributed by atoms with Crippen LogP contribution in [0.2, 0.25) is 0 Å². The summed E-state index contributed by atoms with van der Waals surface area (Å²) < 4.78 is 5.71. The minimum Gasteiger partial charge on any atom is -0.439 e. The lowest BCUT2D eigenvalue weighted by atomic mass is 10.3. The first-order chi connectivity index (χ1) is 9.20. The van der Waals surface area contributed by atoms with Gasteiger partial charge in [-0.25, -0.2) is 4.98 Å². The number of nitrogens with zero attached hydrogens (tertiary/aromatic N) is 2. The lowest BCUT2D eigenvalue weighted by Gasteiger charge is -2.12. The Morgan fingerprint density at radius 2 is 2.21 bits per heavy atom. The molecule has 0 amide bonds. The van der Waals surface area contributed by atoms with Crippen LogP contribution in [0.15, 0.2) is 40.1 Å². The van der Waals surface area contributed by atoms with Gasteiger partial charge >= 0.3 is 0 Å². The van der Waals surface area contributed by atoms with Crippen LogP contribution in [-0.4, -0.2) is 16.9 Å². The van der Waals surface area contributed by atoms with E-state index in [-0.39, 0.29) is 0 Å². The number of anilines is 1. The van der Waals surface area contributed by atoms with Crippen LogP contribution < -0.4 is 5.73 Å². The van der Waals surface area contributed by atoms with Crippen molar-refractivity contribution in [2.24, 2.45) is 0 Å². The monoisotopic (exact) mass is 273 g/mol. The third-order valence-corrected chi connectivity index (χ3v) is 3.73. The third-order valence-electron chi connectivity index (χ3n) is 2.87. The Morgan fingerprint density at radius 1 is 1.32 bits per heavy atom. The Kier molecular flexibility index (Phi) is 3.23. The van der Waals surface area contributed by atoms with Crippen molar-refractivity contribution < 1.29 is 4.42 Å². The van der Waals surface area contributed by atoms with Crippen LogP contribution in [0.25, 0.3) is 11.1 Å². The smallest absolute Gasteiger partial charge is 0.209 e. The number of rotatable bonds is 4. The van der Waals surface area contributed by atoms with Gasteiger partial charge in [0, 0.05) is 23.2 Å². The summed E-state index contributed by atoms with van der Waals surface area (Å²) in [6.07, 6.45) is 0. The van der Waals surface area contributed by atoms with Crippen molar-refractivity contribution in [2.75, 3.05) is 12.8 Å². The maximum absolute atomic E-state index is 5.73. The van der Waals surface area contributed by atoms with Crippen molar-refractivity contribution in [3.8, 4) is 0 Å². The van der Waals surface area contributed by atoms with Crippen LogP contribution in [0.4, 0.5) is 5.69 Å². The van der Waals surface area contributed by atoms with Crippen LogP contribution in [0.1, 0.15) is 10.8 Å². The molecule has 0 aliphatic heterocycles. The Hall–Kier alpha value is -1.85. The van der Waals surface area contributed by atoms with Gasteiger partial charge in [0.25, 0.3) is 0 Å². The fourth-order valence-electron chi connectivity index (χ4n) is 2.01. The van der Waals surface area contributed by atoms with E-state index < -0.39 is 0 Å². The Balaban J connectivity index is 1.74. The molecule has 0 spiro atoms. The highest BCUT2D eigenvalue weighted by molar-refractivity contribution is 7.09. The Labute approximate surface area is 115 Å². The molecule has 2 N–H and O–H groups in total. The van der Waals surface area contributed by atoms with E-state index >= 15 is 0 Å². The molecule has 0 fully saturated rings. The zero-order valence-corrected chi connectivity index (χ0v) is 11.5. The molecule has 0 saturated carbocycles. The first-order valence-electron chi connectivity index (χ1n) is 6.06. The molecule has 98 valence electrons. The number of benzene rings is 1. The second-order valence-electron chi connectivity index (χ2n) is 4.59. The highest BCUT2D eigenvalue weighted by atomic mass is 32.1. The zero-order valence-electron chi connectivity index (χ0n) is 10.7. The van der Waals surface area contributed by atoms with Crippen LogP contribution in [0.3, 0.4) is 0 Å². The van der Waals surface area contributed by atoms with E-state index in [0.29, 0.717) is 12.2 Å². The molecular formula is C14H15N3OS. The summed E-state index contributed by atoms with van der Waals surface area (Å²) in [5, 5.41) is 2.09. The van der Waals surface area contributed by atoms with Crippen LogP contribution in [-0.2, 0) is 13.1 Å². The fourth-order valence-corrected chi connectivity index (χ4v) is 2.80. The summed E-state index contributed by atoms with van der Waals surface area (Å²) in [5.74, 6) is 0.722. The SMILES string of the molecule is CN(Cc1nc2ccc(N)cc2o1)Cc1cccs1. The average Bonchev–Trinajstić information content (AvgIpc) is 2.97. The zero-order chi connectivity index (χ0) is 13.2. The lowest BCUT2D eigenvalue weighted by Crippen LogP contribution is -2.16. The quantitative estimate of drug-likeness (QED) is 0.742. The third kappa shape index (κ3) is 2.77. The summed E-state index contributed by atoms with van der Waals surface area (Å²) >= 11 is 1.76. The van der Waals surface area contributed by atoms with Crippen LogP contribution in [0.5, 0.6) is 0 Å². The van der Waals surface area contributed by atoms with Gasteiger partial charge in [-0.15, -0.1) is 11.3 Å². The summed E-state index contributed by atoms with van der Waals surface area (Å²) in [7, 11) is 2.06. The van der Waals surface area contributed by atoms with E-state index in [4.69, 9.17) is 10.2 Å². The van der Waals surface area contributed by atoms with Gasteiger partial charge in [0.1, 0.15) is 5.52 Å². The highest BCUT2D eigenvalue weighted by Crippen LogP contribution is 2.20. The summed E-state index contributed by atoms with van der Waals surface area (Å²) in [6, 6.07) is 9.73. The molecule has 0 unspecified atom stereocenters. The van der Waals surface area contributed by atoms with Gasteiger partial charge in [0.15, 0.2) is 5.58 Å². The van der Waals surface area contributed by atoms with Gasteiger partial charge in [-0.1, -0.05) is 6.07 Å². The number of hydrogen-bond acceptors (Lipinski definition) is 5. The van der Waals surface area contributed by atoms with E-state index in [0.717, 1.165) is 23.5 Å². The molecule has 5 heteroatoms. The highest BCUT2D eigenvalue weighted by Gasteiger charge is 2.09. The molecule has 2 aromatic heterocycles. The van der Waals surface area contributed by atoms with E-state index in [2.05, 4.69) is 34.4 Å². The molecule has 4 nitrogen and oxygen atoms in total. The first-order valence-corrected chi connectivity index (χ1v) is 6.94. The van der Waals surface area contributed by atoms with Crippen molar-refractivity contribution in [1.82, 2.24) is 9.88 Å². The largest absolute Gasteiger partial charge is 0.439 e. The molecule has 3 aromatic rings. The van der Waals surface area contributed by atoms with Crippen molar-refractivity contribution in [3.63, 3.8) is 0 Å². The predicted octanol–water partition coefficient (Wildman–Crippen LogP) is 3.10. The summed E-state index contributed by atoms with van der Waals surface area (Å²) in [4.78, 5) is 7.98. The second kappa shape index (κ2) is 5.03. The molecule has 0 aliphatic rings. The average molecular weight is 273 g/mol. The number of aromatic nitrogens is 1. The number of thiophene rings is 1. The van der Waals surface area contributed by atoms with Gasteiger partial charge < -0.3 is 10.2 Å². The van der Waals surface area contributed by atoms with E-state index in [1.807, 2.05) is 18.2 Å². The Morgan fingerprint density at radius 3 is 3.00 bits per heavy atom. The first kappa shape index (κ1) is 12.2. The van der Waals surface area contributed by atoms with Crippen molar-refractivity contribution in [1.29, 1.82) is 0 Å². The topological polar surface area (TPSA) is 55.3 Å². The second-order valence-corrected chi connectivity index (χ2v) is 5.62. The van der Waals surface area contributed by atoms with Crippen LogP contribution >= 0.6 is 11.3 Å². The molecule has 19 heavy (non-hydrogen) atoms. The number of nitrogens with two attached hydrogens (primary N) is 1. The normalized spacial score (nSPS) is 11.5. The maximum atomic E-state index is 5.73. The van der Waals surface area contributed by atoms with Gasteiger partial charge in [0.2, 0.25) is 5.89 Å². The molecule has 0 saturated heterocycles. The van der Waals surface area contributed by atoms with Crippen molar-refractivity contribution in [3.05, 3.63) is 46.5 Å². The standard InChI is InChI=1S/C14H15N3OS/c1-17(8-11-3-2-6-19-11)9-14-16-12-5-4-10(15)7-13(12)18-14/h2-7H,8-9,15H2,1H3. The van der Waals surface area contributed by atoms with E-state index in [1.165, 1.54) is 4.88 Å². The molecule has 3 rings (SSSR count). The summed E-state index contributed by atoms with van der Waals surface area (Å²) in [5.41, 5.74) is 8.03. The van der Waals surface area contributed by atoms with Gasteiger partial charge in [-0.3, -0.25) is 4.90 Å². The summed E-state index contributed by atoms with van der Waals surface area (Å²) in [6.45, 7) is 1.59. The lowest BCUT2D eigenvalue weighted by molar-refractivity contribution is 0.287. The maximum Gasteiger partial charge on any atom is 0.209 e. The van der Waals surface area contributed by atoms with Gasteiger partial charge in [-0.05, 0) is 30.6 Å². The minimum atomic E-state index is 0.687. The molecule has 0 aliphatic carbocycles. The van der Waals surface area contributed by atoms with E-state index in [1.54, 1.807) is 11.3 Å². The molecule has 2 heterocycles. The number of hydrogen-bond donors (Lipinski definition) is 1. The molecule has 0 bridgehead atoms. The molecule has 0 atom stereocenters. The van der Waals surface area contributed by atoms with Gasteiger partial charge in [-0.2, -0.15) is 0 Å². The van der Waals surface area contributed by atoms with Crippen molar-refractivity contribution in [2.45, 2.75) is 13.1 Å². The fraction of sp³-hybridized carbons (Fsp3) is 0.214. The number of nitrogen functional groups attached to an aromatic ring is 1. The Bertz CT molecular complexity index is 675. The minimum absolute atomic E-state index is 0.687. The predicted molar refractivity (Wildman–Crippen MR) is 77.9 cm³/mol. The van der Waals surface area contributed by atoms with Crippen LogP contribution in [0, 0.1) is 0 Å². The van der Waals surface area contributed by atoms with Gasteiger partial charge in [0.05, 0.1) is 6.54 Å². The number of oxazole rings is 1. The van der Waals surface area contributed by atoms with Crippen molar-refractivity contribution >= 4 is 28.1 Å². The molecule has 0 radical (unpaired) electrons.